The summed E-state index contributed by atoms with van der Waals surface area (Å²) in [6, 6.07) is -0.122. The fourth-order valence-electron chi connectivity index (χ4n) is 0.582. The summed E-state index contributed by atoms with van der Waals surface area (Å²) in [6.45, 7) is 6.08. The molecule has 0 aliphatic heterocycles. The first-order valence-corrected chi connectivity index (χ1v) is 3.24. The van der Waals surface area contributed by atoms with E-state index >= 15 is 0 Å². The summed E-state index contributed by atoms with van der Waals surface area (Å²) < 4.78 is 4.50. The van der Waals surface area contributed by atoms with Gasteiger partial charge in [-0.3, -0.25) is 0 Å². The van der Waals surface area contributed by atoms with Gasteiger partial charge in [0.25, 0.3) is 0 Å². The SMILES string of the molecule is C=CC[NH2+]C(C)C(=O)OC. The van der Waals surface area contributed by atoms with Gasteiger partial charge in [-0.15, -0.1) is 0 Å². The van der Waals surface area contributed by atoms with Gasteiger partial charge in [-0.2, -0.15) is 0 Å². The molecule has 10 heavy (non-hydrogen) atoms. The molecule has 0 bridgehead atoms. The van der Waals surface area contributed by atoms with Crippen molar-refractivity contribution in [1.82, 2.24) is 0 Å². The second kappa shape index (κ2) is 4.99. The summed E-state index contributed by atoms with van der Waals surface area (Å²) in [5.74, 6) is -0.193. The molecule has 0 saturated heterocycles. The van der Waals surface area contributed by atoms with E-state index in [0.717, 1.165) is 6.54 Å². The smallest absolute Gasteiger partial charge is 0.364 e. The molecule has 0 aromatic carbocycles. The first-order valence-electron chi connectivity index (χ1n) is 3.24. The number of carbonyl (C=O) groups is 1. The van der Waals surface area contributed by atoms with Crippen LogP contribution in [-0.2, 0) is 9.53 Å². The van der Waals surface area contributed by atoms with Crippen molar-refractivity contribution in [3.63, 3.8) is 0 Å². The summed E-state index contributed by atoms with van der Waals surface area (Å²) in [5, 5.41) is 1.86. The van der Waals surface area contributed by atoms with Gasteiger partial charge in [0.15, 0.2) is 6.04 Å². The van der Waals surface area contributed by atoms with Crippen molar-refractivity contribution in [2.75, 3.05) is 13.7 Å². The Kier molecular flexibility index (Phi) is 4.58. The van der Waals surface area contributed by atoms with Crippen molar-refractivity contribution in [3.8, 4) is 0 Å². The Morgan fingerprint density at radius 2 is 2.50 bits per heavy atom. The van der Waals surface area contributed by atoms with E-state index in [2.05, 4.69) is 11.3 Å². The molecule has 0 radical (unpaired) electrons. The van der Waals surface area contributed by atoms with Gasteiger partial charge in [0, 0.05) is 0 Å². The minimum absolute atomic E-state index is 0.122. The number of ether oxygens (including phenoxy) is 1. The normalized spacial score (nSPS) is 12.2. The monoisotopic (exact) mass is 144 g/mol. The molecule has 3 heteroatoms. The number of hydrogen-bond acceptors (Lipinski definition) is 2. The summed E-state index contributed by atoms with van der Waals surface area (Å²) in [6.07, 6.45) is 1.75. The van der Waals surface area contributed by atoms with Gasteiger partial charge in [0.2, 0.25) is 0 Å². The van der Waals surface area contributed by atoms with Gasteiger partial charge >= 0.3 is 5.97 Å². The van der Waals surface area contributed by atoms with Gasteiger partial charge < -0.3 is 10.1 Å². The fraction of sp³-hybridized carbons (Fsp3) is 0.571. The van der Waals surface area contributed by atoms with Crippen molar-refractivity contribution in [2.45, 2.75) is 13.0 Å². The van der Waals surface area contributed by atoms with Crippen molar-refractivity contribution in [3.05, 3.63) is 12.7 Å². The van der Waals surface area contributed by atoms with Crippen LogP contribution < -0.4 is 5.32 Å². The number of rotatable bonds is 4. The Hall–Kier alpha value is -0.830. The maximum absolute atomic E-state index is 10.7. The lowest BCUT2D eigenvalue weighted by molar-refractivity contribution is -0.666. The summed E-state index contributed by atoms with van der Waals surface area (Å²) >= 11 is 0. The second-order valence-corrected chi connectivity index (χ2v) is 2.07. The third kappa shape index (κ3) is 3.25. The van der Waals surface area contributed by atoms with Gasteiger partial charge in [-0.05, 0) is 13.0 Å². The van der Waals surface area contributed by atoms with Crippen molar-refractivity contribution >= 4 is 5.97 Å². The average molecular weight is 144 g/mol. The number of hydrogen-bond donors (Lipinski definition) is 1. The van der Waals surface area contributed by atoms with Crippen LogP contribution >= 0.6 is 0 Å². The van der Waals surface area contributed by atoms with Crippen molar-refractivity contribution in [2.24, 2.45) is 0 Å². The highest BCUT2D eigenvalue weighted by Crippen LogP contribution is 1.76. The molecule has 0 aliphatic rings. The number of esters is 1. The first-order chi connectivity index (χ1) is 4.72. The standard InChI is InChI=1S/C7H13NO2/c1-4-5-8-6(2)7(9)10-3/h4,6,8H,1,5H2,2-3H3/p+1. The van der Waals surface area contributed by atoms with E-state index < -0.39 is 0 Å². The number of carbonyl (C=O) groups excluding carboxylic acids is 1. The highest BCUT2D eigenvalue weighted by molar-refractivity contribution is 5.73. The molecule has 0 amide bonds. The zero-order chi connectivity index (χ0) is 7.98. The van der Waals surface area contributed by atoms with E-state index in [1.165, 1.54) is 7.11 Å². The zero-order valence-electron chi connectivity index (χ0n) is 6.46. The lowest BCUT2D eigenvalue weighted by atomic mass is 10.3. The van der Waals surface area contributed by atoms with E-state index in [0.29, 0.717) is 0 Å². The Morgan fingerprint density at radius 3 is 2.90 bits per heavy atom. The summed E-state index contributed by atoms with van der Waals surface area (Å²) in [7, 11) is 1.39. The largest absolute Gasteiger partial charge is 0.465 e. The van der Waals surface area contributed by atoms with Crippen LogP contribution in [0.15, 0.2) is 12.7 Å². The molecule has 0 heterocycles. The van der Waals surface area contributed by atoms with Crippen LogP contribution in [0.2, 0.25) is 0 Å². The molecule has 0 fully saturated rings. The molecular formula is C7H14NO2+. The Labute approximate surface area is 61.1 Å². The van der Waals surface area contributed by atoms with E-state index in [1.54, 1.807) is 13.0 Å². The van der Waals surface area contributed by atoms with E-state index in [1.807, 2.05) is 5.32 Å². The Morgan fingerprint density at radius 1 is 1.90 bits per heavy atom. The molecule has 0 aliphatic carbocycles. The number of quaternary nitrogens is 1. The Bertz CT molecular complexity index is 123. The van der Waals surface area contributed by atoms with Crippen LogP contribution in [0, 0.1) is 0 Å². The van der Waals surface area contributed by atoms with Gasteiger partial charge in [0.1, 0.15) is 0 Å². The molecule has 0 aromatic rings. The lowest BCUT2D eigenvalue weighted by Crippen LogP contribution is -2.90. The molecule has 0 spiro atoms. The predicted octanol–water partition coefficient (Wildman–Crippen LogP) is -0.703. The van der Waals surface area contributed by atoms with E-state index in [-0.39, 0.29) is 12.0 Å². The first kappa shape index (κ1) is 9.17. The van der Waals surface area contributed by atoms with Crippen molar-refractivity contribution in [1.29, 1.82) is 0 Å². The molecule has 1 unspecified atom stereocenters. The second-order valence-electron chi connectivity index (χ2n) is 2.07. The third-order valence-corrected chi connectivity index (χ3v) is 1.23. The molecular weight excluding hydrogens is 130 g/mol. The average Bonchev–Trinajstić information content (AvgIpc) is 1.98. The van der Waals surface area contributed by atoms with Gasteiger partial charge in [-0.1, -0.05) is 6.58 Å². The highest BCUT2D eigenvalue weighted by Gasteiger charge is 2.13. The predicted molar refractivity (Wildman–Crippen MR) is 38.5 cm³/mol. The maximum atomic E-state index is 10.7. The van der Waals surface area contributed by atoms with Crippen LogP contribution in [0.3, 0.4) is 0 Å². The van der Waals surface area contributed by atoms with Crippen LogP contribution in [0.5, 0.6) is 0 Å². The molecule has 3 nitrogen and oxygen atoms in total. The van der Waals surface area contributed by atoms with Crippen LogP contribution in [0.4, 0.5) is 0 Å². The lowest BCUT2D eigenvalue weighted by Gasteiger charge is -2.05. The molecule has 58 valence electrons. The summed E-state index contributed by atoms with van der Waals surface area (Å²) in [4.78, 5) is 10.7. The van der Waals surface area contributed by atoms with Gasteiger partial charge in [0.05, 0.1) is 13.7 Å². The molecule has 0 rings (SSSR count). The Balaban J connectivity index is 3.50. The van der Waals surface area contributed by atoms with Crippen LogP contribution in [0.1, 0.15) is 6.92 Å². The van der Waals surface area contributed by atoms with Gasteiger partial charge in [-0.25, -0.2) is 4.79 Å². The number of methoxy groups -OCH3 is 1. The van der Waals surface area contributed by atoms with E-state index in [4.69, 9.17) is 0 Å². The van der Waals surface area contributed by atoms with Crippen LogP contribution in [-0.4, -0.2) is 25.7 Å². The number of nitrogens with two attached hydrogens (primary N) is 1. The minimum Gasteiger partial charge on any atom is -0.465 e. The molecule has 0 saturated carbocycles. The quantitative estimate of drug-likeness (QED) is 0.418. The minimum atomic E-state index is -0.193. The molecule has 0 aromatic heterocycles. The summed E-state index contributed by atoms with van der Waals surface area (Å²) in [5.41, 5.74) is 0. The van der Waals surface area contributed by atoms with Crippen LogP contribution in [0.25, 0.3) is 0 Å². The third-order valence-electron chi connectivity index (χ3n) is 1.23. The maximum Gasteiger partial charge on any atom is 0.364 e. The molecule has 1 atom stereocenters. The topological polar surface area (TPSA) is 42.9 Å². The highest BCUT2D eigenvalue weighted by atomic mass is 16.5. The van der Waals surface area contributed by atoms with E-state index in [9.17, 15) is 4.79 Å². The fourth-order valence-corrected chi connectivity index (χ4v) is 0.582. The zero-order valence-corrected chi connectivity index (χ0v) is 6.46. The molecule has 2 N–H and O–H groups in total. The van der Waals surface area contributed by atoms with Crippen molar-refractivity contribution < 1.29 is 14.8 Å².